The van der Waals surface area contributed by atoms with Crippen LogP contribution in [0, 0.1) is 16.7 Å². The molecule has 1 atom stereocenters. The third-order valence-electron chi connectivity index (χ3n) is 6.72. The highest BCUT2D eigenvalue weighted by Gasteiger charge is 2.40. The van der Waals surface area contributed by atoms with Gasteiger partial charge in [-0.15, -0.1) is 0 Å². The molecule has 2 aromatic rings. The number of benzene rings is 2. The normalized spacial score (nSPS) is 15.4. The molecule has 1 saturated heterocycles. The molecule has 0 spiro atoms. The number of nitrogens with one attached hydrogen (secondary N) is 2. The van der Waals surface area contributed by atoms with Crippen molar-refractivity contribution in [3.63, 3.8) is 0 Å². The van der Waals surface area contributed by atoms with Gasteiger partial charge in [0.15, 0.2) is 0 Å². The number of piperidine rings is 1. The standard InChI is InChI=1S/C28H34N4O4/c1-28(2,27(36)32-16-14-20(15-17-32)18-24(33)34)23(13-8-19-6-4-3-5-7-19)31-26(35)22-11-9-21(10-12-22)25(29)30/h3-13,20,23H,14-18H2,1-2H3,(H3,29,30)(H,31,35)(H,33,34). The minimum absolute atomic E-state index is 0.0705. The van der Waals surface area contributed by atoms with E-state index in [4.69, 9.17) is 16.2 Å². The highest BCUT2D eigenvalue weighted by molar-refractivity contribution is 5.98. The molecule has 0 aromatic heterocycles. The highest BCUT2D eigenvalue weighted by Crippen LogP contribution is 2.29. The molecule has 0 radical (unpaired) electrons. The molecule has 1 aliphatic heterocycles. The van der Waals surface area contributed by atoms with Gasteiger partial charge < -0.3 is 21.1 Å². The van der Waals surface area contributed by atoms with E-state index in [0.29, 0.717) is 37.1 Å². The van der Waals surface area contributed by atoms with Gasteiger partial charge in [-0.25, -0.2) is 0 Å². The zero-order valence-corrected chi connectivity index (χ0v) is 20.7. The second-order valence-electron chi connectivity index (χ2n) is 9.77. The van der Waals surface area contributed by atoms with Crippen molar-refractivity contribution in [2.45, 2.75) is 39.2 Å². The average Bonchev–Trinajstić information content (AvgIpc) is 2.86. The van der Waals surface area contributed by atoms with Gasteiger partial charge in [0, 0.05) is 30.6 Å². The Hall–Kier alpha value is -3.94. The van der Waals surface area contributed by atoms with Crippen LogP contribution in [0.2, 0.25) is 0 Å². The molecule has 36 heavy (non-hydrogen) atoms. The van der Waals surface area contributed by atoms with E-state index >= 15 is 0 Å². The van der Waals surface area contributed by atoms with Crippen LogP contribution in [-0.4, -0.2) is 52.8 Å². The molecule has 3 rings (SSSR count). The Morgan fingerprint density at radius 3 is 2.22 bits per heavy atom. The van der Waals surface area contributed by atoms with Crippen LogP contribution in [0.1, 0.15) is 54.6 Å². The van der Waals surface area contributed by atoms with E-state index < -0.39 is 17.4 Å². The van der Waals surface area contributed by atoms with Gasteiger partial charge in [0.05, 0.1) is 11.5 Å². The number of nitrogen functional groups attached to an aromatic ring is 1. The van der Waals surface area contributed by atoms with Gasteiger partial charge in [0.2, 0.25) is 5.91 Å². The lowest BCUT2D eigenvalue weighted by Crippen LogP contribution is -2.54. The third kappa shape index (κ3) is 6.81. The van der Waals surface area contributed by atoms with Crippen molar-refractivity contribution in [2.75, 3.05) is 13.1 Å². The first-order valence-corrected chi connectivity index (χ1v) is 12.1. The summed E-state index contributed by atoms with van der Waals surface area (Å²) < 4.78 is 0. The second-order valence-corrected chi connectivity index (χ2v) is 9.77. The van der Waals surface area contributed by atoms with Crippen molar-refractivity contribution in [1.29, 1.82) is 5.41 Å². The first kappa shape index (κ1) is 26.7. The maximum absolute atomic E-state index is 13.6. The number of carboxylic acids is 1. The number of amides is 2. The van der Waals surface area contributed by atoms with Crippen molar-refractivity contribution in [2.24, 2.45) is 17.1 Å². The number of carbonyl (C=O) groups is 3. The molecule has 1 aliphatic rings. The van der Waals surface area contributed by atoms with E-state index in [2.05, 4.69) is 5.32 Å². The minimum atomic E-state index is -0.958. The van der Waals surface area contributed by atoms with Crippen molar-refractivity contribution in [3.05, 3.63) is 77.4 Å². The molecule has 2 aromatic carbocycles. The van der Waals surface area contributed by atoms with E-state index in [0.717, 1.165) is 5.56 Å². The molecule has 0 bridgehead atoms. The summed E-state index contributed by atoms with van der Waals surface area (Å²) in [4.78, 5) is 39.6. The number of nitrogens with zero attached hydrogens (tertiary/aromatic N) is 1. The van der Waals surface area contributed by atoms with Crippen molar-refractivity contribution >= 4 is 29.7 Å². The maximum atomic E-state index is 13.6. The molecule has 1 unspecified atom stereocenters. The number of hydrogen-bond acceptors (Lipinski definition) is 4. The summed E-state index contributed by atoms with van der Waals surface area (Å²) >= 11 is 0. The van der Waals surface area contributed by atoms with E-state index in [1.54, 1.807) is 29.2 Å². The SMILES string of the molecule is CC(C)(C(=O)N1CCC(CC(=O)O)CC1)C(C=Cc1ccccc1)NC(=O)c1ccc(C(=N)N)cc1. The number of carboxylic acid groups (broad SMARTS) is 1. The van der Waals surface area contributed by atoms with Crippen LogP contribution >= 0.6 is 0 Å². The Bertz CT molecular complexity index is 1120. The van der Waals surface area contributed by atoms with Crippen LogP contribution in [0.25, 0.3) is 6.08 Å². The molecule has 190 valence electrons. The van der Waals surface area contributed by atoms with Crippen LogP contribution in [0.15, 0.2) is 60.7 Å². The van der Waals surface area contributed by atoms with Crippen molar-refractivity contribution in [3.8, 4) is 0 Å². The molecule has 1 fully saturated rings. The number of rotatable bonds is 9. The summed E-state index contributed by atoms with van der Waals surface area (Å²) in [5.41, 5.74) is 6.42. The maximum Gasteiger partial charge on any atom is 0.303 e. The van der Waals surface area contributed by atoms with Crippen LogP contribution in [-0.2, 0) is 9.59 Å². The summed E-state index contributed by atoms with van der Waals surface area (Å²) in [6.07, 6.45) is 5.14. The Balaban J connectivity index is 1.80. The molecular weight excluding hydrogens is 456 g/mol. The number of amidine groups is 1. The van der Waals surface area contributed by atoms with Crippen LogP contribution in [0.5, 0.6) is 0 Å². The van der Waals surface area contributed by atoms with Crippen LogP contribution in [0.4, 0.5) is 0 Å². The molecule has 0 aliphatic carbocycles. The summed E-state index contributed by atoms with van der Waals surface area (Å²) in [6.45, 7) is 4.63. The summed E-state index contributed by atoms with van der Waals surface area (Å²) in [7, 11) is 0. The van der Waals surface area contributed by atoms with E-state index in [1.165, 1.54) is 0 Å². The van der Waals surface area contributed by atoms with E-state index in [1.807, 2.05) is 56.3 Å². The quantitative estimate of drug-likeness (QED) is 0.315. The zero-order valence-electron chi connectivity index (χ0n) is 20.7. The monoisotopic (exact) mass is 490 g/mol. The third-order valence-corrected chi connectivity index (χ3v) is 6.72. The molecule has 1 heterocycles. The largest absolute Gasteiger partial charge is 0.481 e. The highest BCUT2D eigenvalue weighted by atomic mass is 16.4. The summed E-state index contributed by atoms with van der Waals surface area (Å²) in [5, 5.41) is 19.6. The fourth-order valence-electron chi connectivity index (χ4n) is 4.39. The first-order chi connectivity index (χ1) is 17.1. The lowest BCUT2D eigenvalue weighted by molar-refractivity contribution is -0.143. The molecule has 5 N–H and O–H groups in total. The lowest BCUT2D eigenvalue weighted by atomic mass is 9.81. The number of likely N-dealkylation sites (tertiary alicyclic amines) is 1. The summed E-state index contributed by atoms with van der Waals surface area (Å²) in [6, 6.07) is 15.5. The second kappa shape index (κ2) is 11.7. The first-order valence-electron chi connectivity index (χ1n) is 12.1. The molecule has 2 amide bonds. The Kier molecular flexibility index (Phi) is 8.64. The topological polar surface area (TPSA) is 137 Å². The Morgan fingerprint density at radius 2 is 1.67 bits per heavy atom. The van der Waals surface area contributed by atoms with Gasteiger partial charge in [-0.2, -0.15) is 0 Å². The average molecular weight is 491 g/mol. The number of carbonyl (C=O) groups excluding carboxylic acids is 2. The van der Waals surface area contributed by atoms with Gasteiger partial charge in [-0.1, -0.05) is 54.6 Å². The minimum Gasteiger partial charge on any atom is -0.481 e. The van der Waals surface area contributed by atoms with Crippen molar-refractivity contribution in [1.82, 2.24) is 10.2 Å². The predicted molar refractivity (Wildman–Crippen MR) is 140 cm³/mol. The van der Waals surface area contributed by atoms with Gasteiger partial charge in [0.1, 0.15) is 5.84 Å². The predicted octanol–water partition coefficient (Wildman–Crippen LogP) is 3.52. The van der Waals surface area contributed by atoms with Crippen molar-refractivity contribution < 1.29 is 19.5 Å². The zero-order chi connectivity index (χ0) is 26.3. The Morgan fingerprint density at radius 1 is 1.08 bits per heavy atom. The van der Waals surface area contributed by atoms with Gasteiger partial charge in [0.25, 0.3) is 5.91 Å². The molecular formula is C28H34N4O4. The van der Waals surface area contributed by atoms with Gasteiger partial charge >= 0.3 is 5.97 Å². The molecule has 8 nitrogen and oxygen atoms in total. The smallest absolute Gasteiger partial charge is 0.303 e. The van der Waals surface area contributed by atoms with E-state index in [9.17, 15) is 14.4 Å². The lowest BCUT2D eigenvalue weighted by Gasteiger charge is -2.39. The van der Waals surface area contributed by atoms with E-state index in [-0.39, 0.29) is 30.0 Å². The molecule has 8 heteroatoms. The number of hydrogen-bond donors (Lipinski definition) is 4. The fourth-order valence-corrected chi connectivity index (χ4v) is 4.39. The Labute approximate surface area is 211 Å². The number of nitrogens with two attached hydrogens (primary N) is 1. The van der Waals surface area contributed by atoms with Crippen LogP contribution in [0.3, 0.4) is 0 Å². The van der Waals surface area contributed by atoms with Crippen LogP contribution < -0.4 is 11.1 Å². The van der Waals surface area contributed by atoms with Gasteiger partial charge in [-0.3, -0.25) is 19.8 Å². The molecule has 0 saturated carbocycles. The van der Waals surface area contributed by atoms with Gasteiger partial charge in [-0.05, 0) is 50.3 Å². The number of aliphatic carboxylic acids is 1. The fraction of sp³-hybridized carbons (Fsp3) is 0.357. The summed E-state index contributed by atoms with van der Waals surface area (Å²) in [5.74, 6) is -1.25.